The minimum absolute atomic E-state index is 0. The summed E-state index contributed by atoms with van der Waals surface area (Å²) in [4.78, 5) is 43.8. The van der Waals surface area contributed by atoms with Crippen LogP contribution in [0, 0.1) is 0 Å². The van der Waals surface area contributed by atoms with E-state index in [9.17, 15) is 9.59 Å². The van der Waals surface area contributed by atoms with Crippen LogP contribution in [0.4, 0.5) is 5.82 Å². The summed E-state index contributed by atoms with van der Waals surface area (Å²) in [6, 6.07) is 11.3. The van der Waals surface area contributed by atoms with Gasteiger partial charge in [-0.2, -0.15) is 0 Å². The molecule has 5 aromatic rings. The van der Waals surface area contributed by atoms with Crippen molar-refractivity contribution in [3.05, 3.63) is 70.6 Å². The van der Waals surface area contributed by atoms with Crippen molar-refractivity contribution in [2.75, 3.05) is 25.5 Å². The SMILES string of the molecule is CNc1ncnc2c1c(-c1ccccc1Cl)cn2CC(=O)N1CCC(n2c(=O)[nH]c3ncccc32)CC1.Cl. The number of hydrogen-bond acceptors (Lipinski definition) is 6. The fourth-order valence-electron chi connectivity index (χ4n) is 5.26. The first-order valence-corrected chi connectivity index (χ1v) is 12.5. The second-order valence-corrected chi connectivity index (χ2v) is 9.51. The highest BCUT2D eigenvalue weighted by Crippen LogP contribution is 2.37. The standard InChI is InChI=1S/C26H25ClN8O2.ClH/c1-28-24-22-18(17-5-2-3-6-19(17)27)13-34(25(22)31-15-30-24)14-21(36)33-11-8-16(9-12-33)35-20-7-4-10-29-23(20)32-26(35)37;/h2-7,10,13,15-16H,8-9,11-12,14H2,1H3,(H,28,30,31)(H,29,32,37);1H. The van der Waals surface area contributed by atoms with Crippen molar-refractivity contribution >= 4 is 57.9 Å². The van der Waals surface area contributed by atoms with E-state index < -0.39 is 0 Å². The monoisotopic (exact) mass is 552 g/mol. The van der Waals surface area contributed by atoms with Gasteiger partial charge >= 0.3 is 5.69 Å². The molecule has 6 rings (SSSR count). The molecule has 4 aromatic heterocycles. The van der Waals surface area contributed by atoms with Gasteiger partial charge in [0.25, 0.3) is 0 Å². The first kappa shape index (κ1) is 25.7. The highest BCUT2D eigenvalue weighted by atomic mass is 35.5. The van der Waals surface area contributed by atoms with Gasteiger partial charge in [-0.3, -0.25) is 14.3 Å². The van der Waals surface area contributed by atoms with Gasteiger partial charge in [-0.25, -0.2) is 19.7 Å². The summed E-state index contributed by atoms with van der Waals surface area (Å²) < 4.78 is 3.64. The lowest BCUT2D eigenvalue weighted by atomic mass is 10.0. The molecule has 38 heavy (non-hydrogen) atoms. The molecule has 196 valence electrons. The maximum absolute atomic E-state index is 13.4. The smallest absolute Gasteiger partial charge is 0.327 e. The zero-order valence-corrected chi connectivity index (χ0v) is 22.2. The number of rotatable bonds is 5. The molecule has 1 aromatic carbocycles. The summed E-state index contributed by atoms with van der Waals surface area (Å²) in [6.07, 6.45) is 6.46. The molecule has 0 saturated carbocycles. The average Bonchev–Trinajstić information content (AvgIpc) is 3.46. The molecule has 1 saturated heterocycles. The molecule has 0 aliphatic carbocycles. The van der Waals surface area contributed by atoms with Crippen LogP contribution in [-0.2, 0) is 11.3 Å². The lowest BCUT2D eigenvalue weighted by molar-refractivity contribution is -0.133. The Labute approximate surface area is 229 Å². The van der Waals surface area contributed by atoms with Crippen molar-refractivity contribution < 1.29 is 4.79 Å². The number of aromatic nitrogens is 6. The molecule has 2 N–H and O–H groups in total. The van der Waals surface area contributed by atoms with Crippen LogP contribution in [0.3, 0.4) is 0 Å². The number of nitrogens with one attached hydrogen (secondary N) is 2. The lowest BCUT2D eigenvalue weighted by Gasteiger charge is -2.32. The predicted molar refractivity (Wildman–Crippen MR) is 150 cm³/mol. The van der Waals surface area contributed by atoms with E-state index in [1.807, 2.05) is 52.1 Å². The second kappa shape index (κ2) is 10.5. The largest absolute Gasteiger partial charge is 0.372 e. The van der Waals surface area contributed by atoms with E-state index in [4.69, 9.17) is 11.6 Å². The molecule has 0 atom stereocenters. The number of fused-ring (bicyclic) bond motifs is 2. The summed E-state index contributed by atoms with van der Waals surface area (Å²) >= 11 is 6.52. The van der Waals surface area contributed by atoms with E-state index in [1.165, 1.54) is 6.33 Å². The highest BCUT2D eigenvalue weighted by molar-refractivity contribution is 6.33. The van der Waals surface area contributed by atoms with E-state index in [0.29, 0.717) is 48.1 Å². The van der Waals surface area contributed by atoms with Crippen molar-refractivity contribution in [3.8, 4) is 11.1 Å². The topological polar surface area (TPSA) is 114 Å². The normalized spacial score (nSPS) is 14.1. The molecule has 1 aliphatic heterocycles. The van der Waals surface area contributed by atoms with Crippen molar-refractivity contribution in [3.63, 3.8) is 0 Å². The number of anilines is 1. The third-order valence-electron chi connectivity index (χ3n) is 7.03. The summed E-state index contributed by atoms with van der Waals surface area (Å²) in [5, 5.41) is 4.56. The molecule has 12 heteroatoms. The number of halogens is 2. The van der Waals surface area contributed by atoms with Gasteiger partial charge in [0.05, 0.1) is 10.9 Å². The Morgan fingerprint density at radius 2 is 1.89 bits per heavy atom. The Morgan fingerprint density at radius 1 is 1.11 bits per heavy atom. The molecule has 1 amide bonds. The zero-order valence-electron chi connectivity index (χ0n) is 20.6. The van der Waals surface area contributed by atoms with E-state index in [1.54, 1.807) is 17.8 Å². The maximum Gasteiger partial charge on any atom is 0.327 e. The molecule has 10 nitrogen and oxygen atoms in total. The van der Waals surface area contributed by atoms with Crippen LogP contribution in [0.1, 0.15) is 18.9 Å². The second-order valence-electron chi connectivity index (χ2n) is 9.10. The number of amides is 1. The van der Waals surface area contributed by atoms with Gasteiger partial charge in [-0.05, 0) is 31.0 Å². The lowest BCUT2D eigenvalue weighted by Crippen LogP contribution is -2.41. The van der Waals surface area contributed by atoms with E-state index in [2.05, 4.69) is 25.3 Å². The number of nitrogens with zero attached hydrogens (tertiary/aromatic N) is 6. The number of carbonyl (C=O) groups is 1. The van der Waals surface area contributed by atoms with Gasteiger partial charge < -0.3 is 14.8 Å². The first-order chi connectivity index (χ1) is 18.0. The van der Waals surface area contributed by atoms with Gasteiger partial charge in [0.2, 0.25) is 5.91 Å². The molecular formula is C26H26Cl2N8O2. The molecular weight excluding hydrogens is 527 g/mol. The van der Waals surface area contributed by atoms with Crippen LogP contribution in [-0.4, -0.2) is 60.0 Å². The minimum Gasteiger partial charge on any atom is -0.372 e. The quantitative estimate of drug-likeness (QED) is 0.339. The fraction of sp³-hybridized carbons (Fsp3) is 0.269. The molecule has 1 aliphatic rings. The molecule has 0 spiro atoms. The Kier molecular flexibility index (Phi) is 7.09. The summed E-state index contributed by atoms with van der Waals surface area (Å²) in [5.41, 5.74) is 3.60. The van der Waals surface area contributed by atoms with Crippen LogP contribution >= 0.6 is 24.0 Å². The van der Waals surface area contributed by atoms with Crippen molar-refractivity contribution in [1.29, 1.82) is 0 Å². The third-order valence-corrected chi connectivity index (χ3v) is 7.36. The number of likely N-dealkylation sites (tertiary alicyclic amines) is 1. The molecule has 0 radical (unpaired) electrons. The van der Waals surface area contributed by atoms with Crippen LogP contribution in [0.5, 0.6) is 0 Å². The molecule has 0 bridgehead atoms. The summed E-state index contributed by atoms with van der Waals surface area (Å²) in [6.45, 7) is 1.27. The van der Waals surface area contributed by atoms with Gasteiger partial charge in [0.1, 0.15) is 24.3 Å². The number of piperidine rings is 1. The van der Waals surface area contributed by atoms with Gasteiger partial charge in [-0.15, -0.1) is 12.4 Å². The zero-order chi connectivity index (χ0) is 25.5. The highest BCUT2D eigenvalue weighted by Gasteiger charge is 2.27. The minimum atomic E-state index is -0.163. The van der Waals surface area contributed by atoms with Crippen LogP contribution in [0.25, 0.3) is 33.3 Å². The van der Waals surface area contributed by atoms with Crippen molar-refractivity contribution in [2.45, 2.75) is 25.4 Å². The molecule has 0 unspecified atom stereocenters. The van der Waals surface area contributed by atoms with Crippen molar-refractivity contribution in [2.24, 2.45) is 0 Å². The van der Waals surface area contributed by atoms with Gasteiger partial charge in [0.15, 0.2) is 5.65 Å². The summed E-state index contributed by atoms with van der Waals surface area (Å²) in [5.74, 6) is 0.671. The number of aromatic amines is 1. The van der Waals surface area contributed by atoms with E-state index in [0.717, 1.165) is 22.0 Å². The number of imidazole rings is 1. The first-order valence-electron chi connectivity index (χ1n) is 12.1. The number of hydrogen-bond donors (Lipinski definition) is 2. The average molecular weight is 553 g/mol. The van der Waals surface area contributed by atoms with Crippen LogP contribution < -0.4 is 11.0 Å². The number of carbonyl (C=O) groups excluding carboxylic acids is 1. The molecule has 1 fully saturated rings. The number of H-pyrrole nitrogens is 1. The van der Waals surface area contributed by atoms with Gasteiger partial charge in [0, 0.05) is 54.7 Å². The Hall–Kier alpha value is -3.89. The third kappa shape index (κ3) is 4.39. The Balaban J connectivity index is 0.00000294. The molecule has 5 heterocycles. The number of benzene rings is 1. The maximum atomic E-state index is 13.4. The van der Waals surface area contributed by atoms with Gasteiger partial charge in [-0.1, -0.05) is 29.8 Å². The van der Waals surface area contributed by atoms with E-state index >= 15 is 0 Å². The summed E-state index contributed by atoms with van der Waals surface area (Å²) in [7, 11) is 1.81. The Morgan fingerprint density at radius 3 is 2.66 bits per heavy atom. The predicted octanol–water partition coefficient (Wildman–Crippen LogP) is 4.12. The fourth-order valence-corrected chi connectivity index (χ4v) is 5.50. The van der Waals surface area contributed by atoms with E-state index in [-0.39, 0.29) is 36.6 Å². The van der Waals surface area contributed by atoms with Crippen LogP contribution in [0.2, 0.25) is 5.02 Å². The number of pyridine rings is 1. The Bertz CT molecular complexity index is 1680. The van der Waals surface area contributed by atoms with Crippen molar-refractivity contribution in [1.82, 2.24) is 34.0 Å². The van der Waals surface area contributed by atoms with Crippen LogP contribution in [0.15, 0.2) is 59.9 Å².